The Morgan fingerprint density at radius 2 is 2.08 bits per heavy atom. The van der Waals surface area contributed by atoms with Gasteiger partial charge in [0.2, 0.25) is 5.95 Å². The molecule has 0 atom stereocenters. The minimum Gasteiger partial charge on any atom is -0.346 e. The van der Waals surface area contributed by atoms with Gasteiger partial charge in [0.05, 0.1) is 0 Å². The summed E-state index contributed by atoms with van der Waals surface area (Å²) in [5.74, 6) is 1.52. The average Bonchev–Trinajstić information content (AvgIpc) is 2.52. The Kier molecular flexibility index (Phi) is 2.56. The zero-order chi connectivity index (χ0) is 10.1. The fourth-order valence-electron chi connectivity index (χ4n) is 0.852. The van der Waals surface area contributed by atoms with Gasteiger partial charge in [-0.15, -0.1) is 5.10 Å². The van der Waals surface area contributed by atoms with Crippen LogP contribution in [0.2, 0.25) is 0 Å². The van der Waals surface area contributed by atoms with Gasteiger partial charge in [-0.05, 0) is 0 Å². The second-order valence-electron chi connectivity index (χ2n) is 3.97. The van der Waals surface area contributed by atoms with Crippen molar-refractivity contribution < 1.29 is 0 Å². The number of nitrogens with two attached hydrogens (primary N) is 1. The lowest BCUT2D eigenvalue weighted by Gasteiger charge is -2.18. The highest BCUT2D eigenvalue weighted by molar-refractivity contribution is 5.26. The fraction of sp³-hybridized carbons (Fsp3) is 0.750. The van der Waals surface area contributed by atoms with E-state index in [0.29, 0.717) is 12.5 Å². The molecule has 0 unspecified atom stereocenters. The van der Waals surface area contributed by atoms with Crippen LogP contribution in [0.3, 0.4) is 0 Å². The molecule has 3 N–H and O–H groups in total. The number of aromatic amines is 1. The van der Waals surface area contributed by atoms with E-state index in [4.69, 9.17) is 5.73 Å². The zero-order valence-corrected chi connectivity index (χ0v) is 8.63. The molecule has 13 heavy (non-hydrogen) atoms. The highest BCUT2D eigenvalue weighted by Gasteiger charge is 2.23. The normalized spacial score (nSPS) is 11.8. The molecule has 5 nitrogen and oxygen atoms in total. The number of aromatic nitrogens is 3. The Hall–Kier alpha value is -1.10. The molecule has 0 aliphatic rings. The third-order valence-electron chi connectivity index (χ3n) is 2.02. The van der Waals surface area contributed by atoms with Gasteiger partial charge in [-0.1, -0.05) is 13.8 Å². The van der Waals surface area contributed by atoms with E-state index in [9.17, 15) is 0 Å². The number of H-pyrrole nitrogens is 1. The van der Waals surface area contributed by atoms with E-state index in [1.54, 1.807) is 0 Å². The van der Waals surface area contributed by atoms with Crippen LogP contribution in [0.25, 0.3) is 0 Å². The molecule has 0 aliphatic carbocycles. The van der Waals surface area contributed by atoms with Crippen molar-refractivity contribution in [2.45, 2.75) is 19.3 Å². The van der Waals surface area contributed by atoms with Crippen LogP contribution in [0.4, 0.5) is 5.95 Å². The van der Waals surface area contributed by atoms with Crippen LogP contribution in [0.5, 0.6) is 0 Å². The first-order valence-electron chi connectivity index (χ1n) is 4.27. The van der Waals surface area contributed by atoms with Crippen LogP contribution in [0.15, 0.2) is 0 Å². The van der Waals surface area contributed by atoms with E-state index >= 15 is 0 Å². The standard InChI is InChI=1S/C8H17N5/c1-8(2,5-9)6-10-7(12-11-6)13(3)4/h5,9H2,1-4H3,(H,10,11,12). The lowest BCUT2D eigenvalue weighted by molar-refractivity contribution is 0.504. The van der Waals surface area contributed by atoms with Crippen LogP contribution in [-0.4, -0.2) is 35.8 Å². The van der Waals surface area contributed by atoms with Crippen molar-refractivity contribution >= 4 is 5.95 Å². The fourth-order valence-corrected chi connectivity index (χ4v) is 0.852. The minimum atomic E-state index is -0.138. The van der Waals surface area contributed by atoms with Crippen molar-refractivity contribution in [3.8, 4) is 0 Å². The molecule has 0 saturated heterocycles. The topological polar surface area (TPSA) is 70.8 Å². The Bertz CT molecular complexity index is 276. The summed E-state index contributed by atoms with van der Waals surface area (Å²) in [5, 5.41) is 6.96. The Labute approximate surface area is 78.3 Å². The van der Waals surface area contributed by atoms with Crippen molar-refractivity contribution in [2.75, 3.05) is 25.5 Å². The first-order valence-corrected chi connectivity index (χ1v) is 4.27. The maximum absolute atomic E-state index is 5.62. The quantitative estimate of drug-likeness (QED) is 0.697. The van der Waals surface area contributed by atoms with Gasteiger partial charge in [0.25, 0.3) is 0 Å². The van der Waals surface area contributed by atoms with E-state index in [2.05, 4.69) is 15.2 Å². The van der Waals surface area contributed by atoms with Gasteiger partial charge in [-0.25, -0.2) is 0 Å². The molecule has 0 aromatic carbocycles. The second-order valence-corrected chi connectivity index (χ2v) is 3.97. The first-order chi connectivity index (χ1) is 5.97. The molecule has 1 heterocycles. The zero-order valence-electron chi connectivity index (χ0n) is 8.63. The summed E-state index contributed by atoms with van der Waals surface area (Å²) in [6, 6.07) is 0. The lowest BCUT2D eigenvalue weighted by Crippen LogP contribution is -2.29. The van der Waals surface area contributed by atoms with Crippen molar-refractivity contribution in [1.29, 1.82) is 0 Å². The van der Waals surface area contributed by atoms with Crippen LogP contribution < -0.4 is 10.6 Å². The van der Waals surface area contributed by atoms with E-state index in [1.165, 1.54) is 0 Å². The highest BCUT2D eigenvalue weighted by Crippen LogP contribution is 2.18. The molecule has 0 fully saturated rings. The molecule has 5 heteroatoms. The predicted octanol–water partition coefficient (Wildman–Crippen LogP) is 0.107. The van der Waals surface area contributed by atoms with Crippen molar-refractivity contribution in [3.63, 3.8) is 0 Å². The van der Waals surface area contributed by atoms with Gasteiger partial charge in [0, 0.05) is 26.1 Å². The summed E-state index contributed by atoms with van der Waals surface area (Å²) in [7, 11) is 3.81. The van der Waals surface area contributed by atoms with Crippen LogP contribution in [0, 0.1) is 0 Å². The van der Waals surface area contributed by atoms with Crippen LogP contribution >= 0.6 is 0 Å². The van der Waals surface area contributed by atoms with Gasteiger partial charge in [-0.3, -0.25) is 5.10 Å². The summed E-state index contributed by atoms with van der Waals surface area (Å²) in [4.78, 5) is 6.19. The van der Waals surface area contributed by atoms with Gasteiger partial charge >= 0.3 is 0 Å². The molecule has 1 aromatic rings. The minimum absolute atomic E-state index is 0.138. The summed E-state index contributed by atoms with van der Waals surface area (Å²) < 4.78 is 0. The van der Waals surface area contributed by atoms with E-state index < -0.39 is 0 Å². The maximum Gasteiger partial charge on any atom is 0.244 e. The molecule has 0 amide bonds. The van der Waals surface area contributed by atoms with E-state index in [1.807, 2.05) is 32.8 Å². The molecule has 1 aromatic heterocycles. The van der Waals surface area contributed by atoms with Gasteiger partial charge in [0.1, 0.15) is 5.82 Å². The van der Waals surface area contributed by atoms with Gasteiger partial charge in [0.15, 0.2) is 0 Å². The molecule has 0 aliphatic heterocycles. The van der Waals surface area contributed by atoms with E-state index in [-0.39, 0.29) is 5.41 Å². The molecular formula is C8H17N5. The third kappa shape index (κ3) is 1.98. The van der Waals surface area contributed by atoms with Crippen LogP contribution in [-0.2, 0) is 5.41 Å². The summed E-state index contributed by atoms with van der Waals surface area (Å²) >= 11 is 0. The Morgan fingerprint density at radius 1 is 1.46 bits per heavy atom. The second kappa shape index (κ2) is 3.33. The van der Waals surface area contributed by atoms with Crippen LogP contribution in [0.1, 0.15) is 19.7 Å². The Morgan fingerprint density at radius 3 is 2.46 bits per heavy atom. The molecule has 74 valence electrons. The smallest absolute Gasteiger partial charge is 0.244 e. The number of nitrogens with zero attached hydrogens (tertiary/aromatic N) is 3. The van der Waals surface area contributed by atoms with Crippen molar-refractivity contribution in [2.24, 2.45) is 5.73 Å². The SMILES string of the molecule is CN(C)c1n[nH]c(C(C)(C)CN)n1. The monoisotopic (exact) mass is 183 g/mol. The predicted molar refractivity (Wildman–Crippen MR) is 52.8 cm³/mol. The number of hydrogen-bond acceptors (Lipinski definition) is 4. The molecule has 0 saturated carbocycles. The summed E-state index contributed by atoms with van der Waals surface area (Å²) in [6.45, 7) is 4.62. The summed E-state index contributed by atoms with van der Waals surface area (Å²) in [6.07, 6.45) is 0. The first kappa shape index (κ1) is 9.98. The third-order valence-corrected chi connectivity index (χ3v) is 2.02. The molecule has 0 bridgehead atoms. The molecule has 0 radical (unpaired) electrons. The van der Waals surface area contributed by atoms with Crippen molar-refractivity contribution in [1.82, 2.24) is 15.2 Å². The highest BCUT2D eigenvalue weighted by atomic mass is 15.3. The number of anilines is 1. The number of nitrogens with one attached hydrogen (secondary N) is 1. The molecular weight excluding hydrogens is 166 g/mol. The number of hydrogen-bond donors (Lipinski definition) is 2. The average molecular weight is 183 g/mol. The Balaban J connectivity index is 2.91. The van der Waals surface area contributed by atoms with Crippen molar-refractivity contribution in [3.05, 3.63) is 5.82 Å². The lowest BCUT2D eigenvalue weighted by atomic mass is 9.93. The van der Waals surface area contributed by atoms with Gasteiger partial charge < -0.3 is 10.6 Å². The summed E-state index contributed by atoms with van der Waals surface area (Å²) in [5.41, 5.74) is 5.48. The number of rotatable bonds is 3. The van der Waals surface area contributed by atoms with E-state index in [0.717, 1.165) is 5.82 Å². The largest absolute Gasteiger partial charge is 0.346 e. The molecule has 0 spiro atoms. The van der Waals surface area contributed by atoms with Gasteiger partial charge in [-0.2, -0.15) is 4.98 Å². The maximum atomic E-state index is 5.62. The molecule has 1 rings (SSSR count).